The molecule has 0 spiro atoms. The Labute approximate surface area is 172 Å². The molecular formula is C22H20N2O4S. The molecule has 1 aliphatic rings. The lowest BCUT2D eigenvalue weighted by Gasteiger charge is -2.32. The van der Waals surface area contributed by atoms with E-state index in [1.807, 2.05) is 41.8 Å². The number of anilines is 1. The fraction of sp³-hybridized carbons (Fsp3) is 0.227. The molecule has 1 aliphatic heterocycles. The molecule has 0 saturated heterocycles. The van der Waals surface area contributed by atoms with Gasteiger partial charge in [0.15, 0.2) is 6.61 Å². The quantitative estimate of drug-likeness (QED) is 0.603. The van der Waals surface area contributed by atoms with Gasteiger partial charge in [-0.25, -0.2) is 9.78 Å². The Morgan fingerprint density at radius 1 is 1.28 bits per heavy atom. The summed E-state index contributed by atoms with van der Waals surface area (Å²) >= 11 is 1.60. The molecule has 6 nitrogen and oxygen atoms in total. The predicted molar refractivity (Wildman–Crippen MR) is 111 cm³/mol. The zero-order chi connectivity index (χ0) is 20.4. The first kappa shape index (κ1) is 19.1. The summed E-state index contributed by atoms with van der Waals surface area (Å²) in [6, 6.07) is 15.0. The van der Waals surface area contributed by atoms with Crippen molar-refractivity contribution >= 4 is 28.9 Å². The summed E-state index contributed by atoms with van der Waals surface area (Å²) in [6.07, 6.45) is 0.767. The second kappa shape index (κ2) is 8.05. The number of amides is 1. The van der Waals surface area contributed by atoms with Crippen LogP contribution in [0.1, 0.15) is 17.5 Å². The Bertz CT molecular complexity index is 1050. The smallest absolute Gasteiger partial charge is 0.328 e. The normalized spacial score (nSPS) is 14.1. The molecule has 2 aromatic carbocycles. The number of esters is 1. The zero-order valence-corrected chi connectivity index (χ0v) is 16.9. The molecule has 29 heavy (non-hydrogen) atoms. The fourth-order valence-corrected chi connectivity index (χ4v) is 4.16. The number of ether oxygens (including phenoxy) is 2. The third-order valence-electron chi connectivity index (χ3n) is 4.81. The van der Waals surface area contributed by atoms with E-state index in [4.69, 9.17) is 14.5 Å². The first-order valence-electron chi connectivity index (χ1n) is 9.22. The van der Waals surface area contributed by atoms with Crippen LogP contribution in [-0.2, 0) is 20.7 Å². The Morgan fingerprint density at radius 3 is 2.83 bits per heavy atom. The Morgan fingerprint density at radius 2 is 2.07 bits per heavy atom. The number of hydrogen-bond donors (Lipinski definition) is 0. The van der Waals surface area contributed by atoms with E-state index in [1.54, 1.807) is 18.3 Å². The van der Waals surface area contributed by atoms with E-state index < -0.39 is 12.0 Å². The molecule has 148 valence electrons. The van der Waals surface area contributed by atoms with E-state index in [0.29, 0.717) is 11.4 Å². The van der Waals surface area contributed by atoms with Crippen LogP contribution in [0.4, 0.5) is 5.69 Å². The van der Waals surface area contributed by atoms with Crippen LogP contribution in [0.3, 0.4) is 0 Å². The van der Waals surface area contributed by atoms with Crippen LogP contribution in [-0.4, -0.2) is 36.6 Å². The van der Waals surface area contributed by atoms with Crippen LogP contribution < -0.4 is 9.64 Å². The van der Waals surface area contributed by atoms with Gasteiger partial charge in [-0.3, -0.25) is 9.69 Å². The Balaban J connectivity index is 1.65. The van der Waals surface area contributed by atoms with Crippen LogP contribution in [0, 0.1) is 0 Å². The van der Waals surface area contributed by atoms with Gasteiger partial charge in [0.05, 0.1) is 23.5 Å². The molecule has 1 atom stereocenters. The number of benzene rings is 2. The second-order valence-corrected chi connectivity index (χ2v) is 7.67. The molecule has 1 amide bonds. The highest BCUT2D eigenvalue weighted by molar-refractivity contribution is 7.10. The number of fused-ring (bicyclic) bond motifs is 1. The maximum Gasteiger partial charge on any atom is 0.328 e. The molecular weight excluding hydrogens is 388 g/mol. The predicted octanol–water partition coefficient (Wildman–Crippen LogP) is 3.69. The third kappa shape index (κ3) is 3.86. The van der Waals surface area contributed by atoms with Crippen LogP contribution in [0.15, 0.2) is 53.9 Å². The van der Waals surface area contributed by atoms with Gasteiger partial charge in [-0.1, -0.05) is 30.3 Å². The summed E-state index contributed by atoms with van der Waals surface area (Å²) in [5, 5.41) is 3.01. The van der Waals surface area contributed by atoms with Gasteiger partial charge < -0.3 is 9.47 Å². The third-order valence-corrected chi connectivity index (χ3v) is 5.66. The molecule has 3 aromatic rings. The highest BCUT2D eigenvalue weighted by Gasteiger charge is 2.34. The molecule has 4 rings (SSSR count). The van der Waals surface area contributed by atoms with Crippen molar-refractivity contribution in [3.63, 3.8) is 0 Å². The summed E-state index contributed by atoms with van der Waals surface area (Å²) in [7, 11) is 1.31. The minimum absolute atomic E-state index is 0.106. The van der Waals surface area contributed by atoms with Gasteiger partial charge >= 0.3 is 5.97 Å². The summed E-state index contributed by atoms with van der Waals surface area (Å²) in [4.78, 5) is 30.7. The molecule has 0 N–H and O–H groups in total. The van der Waals surface area contributed by atoms with E-state index >= 15 is 0 Å². The van der Waals surface area contributed by atoms with Crippen molar-refractivity contribution < 1.29 is 19.1 Å². The van der Waals surface area contributed by atoms with E-state index in [1.165, 1.54) is 17.6 Å². The lowest BCUT2D eigenvalue weighted by atomic mass is 10.1. The topological polar surface area (TPSA) is 68.7 Å². The van der Waals surface area contributed by atoms with Crippen molar-refractivity contribution in [3.8, 4) is 17.0 Å². The van der Waals surface area contributed by atoms with Gasteiger partial charge in [-0.2, -0.15) is 0 Å². The van der Waals surface area contributed by atoms with E-state index in [9.17, 15) is 9.59 Å². The number of carbonyl (C=O) groups is 2. The standard InChI is InChI=1S/C22H20N2O4S/c1-14(22(26)27-2)24-18-11-16(8-9-19(18)28-12-21(24)25)17-13-29-20(23-17)10-15-6-4-3-5-7-15/h3-9,11,13-14H,10,12H2,1-2H3. The number of hydrogen-bond acceptors (Lipinski definition) is 6. The highest BCUT2D eigenvalue weighted by Crippen LogP contribution is 2.37. The van der Waals surface area contributed by atoms with Crippen LogP contribution in [0.25, 0.3) is 11.3 Å². The number of nitrogens with zero attached hydrogens (tertiary/aromatic N) is 2. The summed E-state index contributed by atoms with van der Waals surface area (Å²) in [5.41, 5.74) is 3.44. The lowest BCUT2D eigenvalue weighted by molar-refractivity contribution is -0.143. The SMILES string of the molecule is COC(=O)C(C)N1C(=O)COc2ccc(-c3csc(Cc4ccccc4)n3)cc21. The molecule has 0 saturated carbocycles. The second-order valence-electron chi connectivity index (χ2n) is 6.72. The van der Waals surface area contributed by atoms with Crippen molar-refractivity contribution in [3.05, 3.63) is 64.5 Å². The minimum atomic E-state index is -0.741. The average molecular weight is 408 g/mol. The Kier molecular flexibility index (Phi) is 5.31. The number of thiazole rings is 1. The first-order chi connectivity index (χ1) is 14.1. The Hall–Kier alpha value is -3.19. The molecule has 7 heteroatoms. The largest absolute Gasteiger partial charge is 0.482 e. The highest BCUT2D eigenvalue weighted by atomic mass is 32.1. The number of aromatic nitrogens is 1. The van der Waals surface area contributed by atoms with Crippen LogP contribution >= 0.6 is 11.3 Å². The van der Waals surface area contributed by atoms with Crippen molar-refractivity contribution in [1.82, 2.24) is 4.98 Å². The van der Waals surface area contributed by atoms with Crippen molar-refractivity contribution in [1.29, 1.82) is 0 Å². The van der Waals surface area contributed by atoms with Crippen LogP contribution in [0.5, 0.6) is 5.75 Å². The monoisotopic (exact) mass is 408 g/mol. The van der Waals surface area contributed by atoms with Crippen molar-refractivity contribution in [2.24, 2.45) is 0 Å². The molecule has 2 heterocycles. The van der Waals surface area contributed by atoms with E-state index in [0.717, 1.165) is 22.7 Å². The maximum absolute atomic E-state index is 12.5. The minimum Gasteiger partial charge on any atom is -0.482 e. The molecule has 0 fully saturated rings. The molecule has 0 bridgehead atoms. The van der Waals surface area contributed by atoms with E-state index in [2.05, 4.69) is 12.1 Å². The van der Waals surface area contributed by atoms with Crippen molar-refractivity contribution in [2.75, 3.05) is 18.6 Å². The van der Waals surface area contributed by atoms with Gasteiger partial charge in [0.1, 0.15) is 11.8 Å². The number of carbonyl (C=O) groups excluding carboxylic acids is 2. The molecule has 0 aliphatic carbocycles. The number of rotatable bonds is 5. The van der Waals surface area contributed by atoms with Crippen molar-refractivity contribution in [2.45, 2.75) is 19.4 Å². The van der Waals surface area contributed by atoms with Gasteiger partial charge in [0.25, 0.3) is 5.91 Å². The zero-order valence-electron chi connectivity index (χ0n) is 16.1. The summed E-state index contributed by atoms with van der Waals surface area (Å²) in [5.74, 6) is -0.199. The van der Waals surface area contributed by atoms with Gasteiger partial charge in [0.2, 0.25) is 0 Å². The first-order valence-corrected chi connectivity index (χ1v) is 10.1. The summed E-state index contributed by atoms with van der Waals surface area (Å²) < 4.78 is 10.4. The number of methoxy groups -OCH3 is 1. The lowest BCUT2D eigenvalue weighted by Crippen LogP contribution is -2.48. The van der Waals surface area contributed by atoms with Gasteiger partial charge in [-0.05, 0) is 30.7 Å². The molecule has 1 aromatic heterocycles. The molecule has 0 radical (unpaired) electrons. The molecule has 1 unspecified atom stereocenters. The van der Waals surface area contributed by atoms with Gasteiger partial charge in [-0.15, -0.1) is 11.3 Å². The van der Waals surface area contributed by atoms with E-state index in [-0.39, 0.29) is 12.5 Å². The summed E-state index contributed by atoms with van der Waals surface area (Å²) in [6.45, 7) is 1.54. The average Bonchev–Trinajstić information content (AvgIpc) is 3.21. The maximum atomic E-state index is 12.5. The van der Waals surface area contributed by atoms with Crippen LogP contribution in [0.2, 0.25) is 0 Å². The fourth-order valence-electron chi connectivity index (χ4n) is 3.33. The van der Waals surface area contributed by atoms with Gasteiger partial charge in [0, 0.05) is 17.4 Å².